The van der Waals surface area contributed by atoms with Crippen molar-refractivity contribution in [2.45, 2.75) is 25.8 Å². The minimum atomic E-state index is -0.399. The number of nitrogens with zero attached hydrogens (tertiary/aromatic N) is 1. The second-order valence-electron chi connectivity index (χ2n) is 4.47. The van der Waals surface area contributed by atoms with Crippen LogP contribution >= 0.6 is 0 Å². The largest absolute Gasteiger partial charge is 0.469 e. The Balaban J connectivity index is 1.84. The number of furan rings is 1. The van der Waals surface area contributed by atoms with E-state index < -0.39 is 4.92 Å². The summed E-state index contributed by atoms with van der Waals surface area (Å²) in [5, 5.41) is 13.8. The van der Waals surface area contributed by atoms with Crippen molar-refractivity contribution in [3.8, 4) is 0 Å². The second-order valence-corrected chi connectivity index (χ2v) is 4.47. The van der Waals surface area contributed by atoms with Crippen molar-refractivity contribution in [3.63, 3.8) is 0 Å². The molecule has 0 saturated heterocycles. The van der Waals surface area contributed by atoms with Crippen LogP contribution in [0.15, 0.2) is 47.1 Å². The van der Waals surface area contributed by atoms with Gasteiger partial charge in [-0.1, -0.05) is 0 Å². The zero-order valence-corrected chi connectivity index (χ0v) is 10.7. The van der Waals surface area contributed by atoms with Crippen LogP contribution < -0.4 is 5.32 Å². The zero-order chi connectivity index (χ0) is 13.7. The number of hydrogen-bond donors (Lipinski definition) is 1. The molecule has 1 atom stereocenters. The highest BCUT2D eigenvalue weighted by molar-refractivity contribution is 5.48. The van der Waals surface area contributed by atoms with Crippen molar-refractivity contribution in [1.29, 1.82) is 0 Å². The molecule has 0 saturated carbocycles. The van der Waals surface area contributed by atoms with Crippen molar-refractivity contribution in [3.05, 3.63) is 58.5 Å². The molecule has 0 spiro atoms. The molecule has 1 N–H and O–H groups in total. The Morgan fingerprint density at radius 3 is 2.63 bits per heavy atom. The Morgan fingerprint density at radius 2 is 2.05 bits per heavy atom. The summed E-state index contributed by atoms with van der Waals surface area (Å²) in [6.45, 7) is 2.07. The molecule has 2 aromatic rings. The standard InChI is InChI=1S/C14H16N2O3/c1-11(4-9-14-3-2-10-19-14)15-12-5-7-13(8-6-12)16(17)18/h2-3,5-8,10-11,15H,4,9H2,1H3. The molecule has 1 heterocycles. The number of rotatable bonds is 6. The second kappa shape index (κ2) is 6.04. The molecular formula is C14H16N2O3. The Labute approximate surface area is 111 Å². The minimum absolute atomic E-state index is 0.105. The molecule has 19 heavy (non-hydrogen) atoms. The number of hydrogen-bond acceptors (Lipinski definition) is 4. The summed E-state index contributed by atoms with van der Waals surface area (Å²) in [5.74, 6) is 0.970. The molecule has 2 rings (SSSR count). The molecule has 1 unspecified atom stereocenters. The van der Waals surface area contributed by atoms with Crippen LogP contribution in [0, 0.1) is 10.1 Å². The van der Waals surface area contributed by atoms with Gasteiger partial charge in [-0.15, -0.1) is 0 Å². The van der Waals surface area contributed by atoms with Gasteiger partial charge >= 0.3 is 0 Å². The maximum Gasteiger partial charge on any atom is 0.269 e. The molecule has 0 aliphatic rings. The molecule has 100 valence electrons. The molecule has 0 aliphatic carbocycles. The van der Waals surface area contributed by atoms with E-state index in [2.05, 4.69) is 12.2 Å². The van der Waals surface area contributed by atoms with Crippen LogP contribution in [0.4, 0.5) is 11.4 Å². The number of aryl methyl sites for hydroxylation is 1. The Kier molecular flexibility index (Phi) is 4.18. The van der Waals surface area contributed by atoms with Gasteiger partial charge in [-0.05, 0) is 37.6 Å². The monoisotopic (exact) mass is 260 g/mol. The number of nitro benzene ring substituents is 1. The molecule has 0 fully saturated rings. The summed E-state index contributed by atoms with van der Waals surface area (Å²) in [6, 6.07) is 10.6. The molecule has 0 radical (unpaired) electrons. The van der Waals surface area contributed by atoms with Gasteiger partial charge in [-0.3, -0.25) is 10.1 Å². The van der Waals surface area contributed by atoms with E-state index in [1.807, 2.05) is 12.1 Å². The van der Waals surface area contributed by atoms with Gasteiger partial charge in [-0.25, -0.2) is 0 Å². The summed E-state index contributed by atoms with van der Waals surface area (Å²) in [6.07, 6.45) is 3.47. The van der Waals surface area contributed by atoms with Crippen molar-refractivity contribution in [1.82, 2.24) is 0 Å². The van der Waals surface area contributed by atoms with E-state index in [1.54, 1.807) is 18.4 Å². The molecule has 5 nitrogen and oxygen atoms in total. The molecular weight excluding hydrogens is 244 g/mol. The first-order valence-electron chi connectivity index (χ1n) is 6.18. The maximum atomic E-state index is 10.5. The van der Waals surface area contributed by atoms with Crippen molar-refractivity contribution < 1.29 is 9.34 Å². The molecule has 0 bridgehead atoms. The van der Waals surface area contributed by atoms with Crippen LogP contribution in [0.1, 0.15) is 19.1 Å². The van der Waals surface area contributed by atoms with Gasteiger partial charge in [0, 0.05) is 30.3 Å². The number of nitro groups is 1. The fourth-order valence-corrected chi connectivity index (χ4v) is 1.85. The number of nitrogens with one attached hydrogen (secondary N) is 1. The predicted molar refractivity (Wildman–Crippen MR) is 73.2 cm³/mol. The van der Waals surface area contributed by atoms with Crippen LogP contribution in [0.2, 0.25) is 0 Å². The van der Waals surface area contributed by atoms with Gasteiger partial charge in [0.05, 0.1) is 11.2 Å². The van der Waals surface area contributed by atoms with Gasteiger partial charge in [0.2, 0.25) is 0 Å². The highest BCUT2D eigenvalue weighted by Gasteiger charge is 2.07. The van der Waals surface area contributed by atoms with E-state index in [-0.39, 0.29) is 11.7 Å². The topological polar surface area (TPSA) is 68.3 Å². The number of benzene rings is 1. The number of non-ortho nitro benzene ring substituents is 1. The predicted octanol–water partition coefficient (Wildman–Crippen LogP) is 3.62. The summed E-state index contributed by atoms with van der Waals surface area (Å²) >= 11 is 0. The Hall–Kier alpha value is -2.30. The van der Waals surface area contributed by atoms with Crippen molar-refractivity contribution in [2.24, 2.45) is 0 Å². The van der Waals surface area contributed by atoms with E-state index in [9.17, 15) is 10.1 Å². The fourth-order valence-electron chi connectivity index (χ4n) is 1.85. The van der Waals surface area contributed by atoms with Crippen LogP contribution in [0.25, 0.3) is 0 Å². The lowest BCUT2D eigenvalue weighted by Crippen LogP contribution is -2.15. The summed E-state index contributed by atoms with van der Waals surface area (Å²) in [4.78, 5) is 10.1. The molecule has 1 aromatic carbocycles. The molecule has 1 aromatic heterocycles. The minimum Gasteiger partial charge on any atom is -0.469 e. The normalized spacial score (nSPS) is 12.1. The molecule has 5 heteroatoms. The average Bonchev–Trinajstić information content (AvgIpc) is 2.90. The quantitative estimate of drug-likeness (QED) is 0.636. The zero-order valence-electron chi connectivity index (χ0n) is 10.7. The molecule has 0 amide bonds. The smallest absolute Gasteiger partial charge is 0.269 e. The van der Waals surface area contributed by atoms with E-state index >= 15 is 0 Å². The first kappa shape index (κ1) is 13.1. The van der Waals surface area contributed by atoms with Crippen LogP contribution in [0.5, 0.6) is 0 Å². The highest BCUT2D eigenvalue weighted by Crippen LogP contribution is 2.17. The third-order valence-corrected chi connectivity index (χ3v) is 2.90. The van der Waals surface area contributed by atoms with Crippen LogP contribution in [-0.2, 0) is 6.42 Å². The van der Waals surface area contributed by atoms with Crippen molar-refractivity contribution >= 4 is 11.4 Å². The van der Waals surface area contributed by atoms with E-state index in [0.29, 0.717) is 0 Å². The van der Waals surface area contributed by atoms with Gasteiger partial charge in [0.1, 0.15) is 5.76 Å². The first-order valence-corrected chi connectivity index (χ1v) is 6.18. The van der Waals surface area contributed by atoms with E-state index in [4.69, 9.17) is 4.42 Å². The van der Waals surface area contributed by atoms with Gasteiger partial charge in [0.25, 0.3) is 5.69 Å². The molecule has 0 aliphatic heterocycles. The number of anilines is 1. The van der Waals surface area contributed by atoms with E-state index in [0.717, 1.165) is 24.3 Å². The van der Waals surface area contributed by atoms with Gasteiger partial charge in [0.15, 0.2) is 0 Å². The van der Waals surface area contributed by atoms with Crippen LogP contribution in [0.3, 0.4) is 0 Å². The first-order chi connectivity index (χ1) is 9.15. The average molecular weight is 260 g/mol. The third kappa shape index (κ3) is 3.84. The van der Waals surface area contributed by atoms with Gasteiger partial charge in [-0.2, -0.15) is 0 Å². The Morgan fingerprint density at radius 1 is 1.32 bits per heavy atom. The SMILES string of the molecule is CC(CCc1ccco1)Nc1ccc([N+](=O)[O-])cc1. The highest BCUT2D eigenvalue weighted by atomic mass is 16.6. The third-order valence-electron chi connectivity index (χ3n) is 2.90. The lowest BCUT2D eigenvalue weighted by molar-refractivity contribution is -0.384. The summed E-state index contributed by atoms with van der Waals surface area (Å²) < 4.78 is 5.27. The lowest BCUT2D eigenvalue weighted by atomic mass is 10.1. The van der Waals surface area contributed by atoms with Crippen molar-refractivity contribution in [2.75, 3.05) is 5.32 Å². The maximum absolute atomic E-state index is 10.5. The summed E-state index contributed by atoms with van der Waals surface area (Å²) in [7, 11) is 0. The van der Waals surface area contributed by atoms with Gasteiger partial charge < -0.3 is 9.73 Å². The fraction of sp³-hybridized carbons (Fsp3) is 0.286. The lowest BCUT2D eigenvalue weighted by Gasteiger charge is -2.14. The van der Waals surface area contributed by atoms with Crippen LogP contribution in [-0.4, -0.2) is 11.0 Å². The van der Waals surface area contributed by atoms with E-state index in [1.165, 1.54) is 12.1 Å². The Bertz CT molecular complexity index is 520. The summed E-state index contributed by atoms with van der Waals surface area (Å²) in [5.41, 5.74) is 0.992.